The third-order valence-electron chi connectivity index (χ3n) is 6.43. The molecule has 1 aromatic heterocycles. The van der Waals surface area contributed by atoms with Crippen LogP contribution in [0.15, 0.2) is 29.3 Å². The summed E-state index contributed by atoms with van der Waals surface area (Å²) in [5.41, 5.74) is 3.97. The number of aldehydes is 1. The van der Waals surface area contributed by atoms with Crippen molar-refractivity contribution in [2.24, 2.45) is 4.99 Å². The zero-order chi connectivity index (χ0) is 26.4. The molecule has 1 unspecified atom stereocenters. The maximum absolute atomic E-state index is 10.1. The number of nitrogens with one attached hydrogen (secondary N) is 3. The fourth-order valence-corrected chi connectivity index (χ4v) is 5.57. The summed E-state index contributed by atoms with van der Waals surface area (Å²) in [6, 6.07) is 7.27. The third kappa shape index (κ3) is 6.46. The first-order valence-electron chi connectivity index (χ1n) is 12.0. The highest BCUT2D eigenvalue weighted by Gasteiger charge is 2.33. The molecule has 1 saturated heterocycles. The van der Waals surface area contributed by atoms with Gasteiger partial charge in [0.15, 0.2) is 0 Å². The number of piperazine rings is 1. The predicted octanol–water partition coefficient (Wildman–Crippen LogP) is 3.67. The Morgan fingerprint density at radius 2 is 1.86 bits per heavy atom. The van der Waals surface area contributed by atoms with Gasteiger partial charge in [0, 0.05) is 53.8 Å². The van der Waals surface area contributed by atoms with Crippen molar-refractivity contribution in [3.8, 4) is 0 Å². The summed E-state index contributed by atoms with van der Waals surface area (Å²) in [6.45, 7) is 11.3. The Balaban J connectivity index is 0.000000303. The number of hydrogen-bond acceptors (Lipinski definition) is 8. The summed E-state index contributed by atoms with van der Waals surface area (Å²) >= 11 is 7.68. The molecule has 0 bridgehead atoms. The van der Waals surface area contributed by atoms with E-state index in [0.29, 0.717) is 29.8 Å². The largest absolute Gasteiger partial charge is 0.317 e. The van der Waals surface area contributed by atoms with E-state index in [1.165, 1.54) is 4.88 Å². The zero-order valence-corrected chi connectivity index (χ0v) is 23.3. The minimum Gasteiger partial charge on any atom is -0.317 e. The lowest BCUT2D eigenvalue weighted by Crippen LogP contribution is -2.44. The molecule has 0 saturated carbocycles. The number of hydrogen-bond donors (Lipinski definition) is 3. The first-order chi connectivity index (χ1) is 17.2. The minimum atomic E-state index is -0.370. The van der Waals surface area contributed by atoms with Crippen LogP contribution in [0.2, 0.25) is 5.02 Å². The van der Waals surface area contributed by atoms with Gasteiger partial charge in [-0.15, -0.1) is 11.3 Å². The molecular formula is C26H36ClN7OS. The number of amidine groups is 2. The summed E-state index contributed by atoms with van der Waals surface area (Å²) in [7, 11) is 3.96. The number of carbonyl (C=O) groups is 1. The van der Waals surface area contributed by atoms with E-state index >= 15 is 0 Å². The maximum atomic E-state index is 10.1. The van der Waals surface area contributed by atoms with Gasteiger partial charge in [-0.05, 0) is 52.6 Å². The van der Waals surface area contributed by atoms with E-state index in [2.05, 4.69) is 36.0 Å². The number of rotatable bonds is 5. The highest BCUT2D eigenvalue weighted by atomic mass is 35.5. The van der Waals surface area contributed by atoms with Gasteiger partial charge < -0.3 is 15.0 Å². The number of benzene rings is 1. The molecule has 36 heavy (non-hydrogen) atoms. The van der Waals surface area contributed by atoms with Gasteiger partial charge in [0.25, 0.3) is 0 Å². The van der Waals surface area contributed by atoms with Crippen LogP contribution >= 0.6 is 22.9 Å². The van der Waals surface area contributed by atoms with Crippen molar-refractivity contribution in [3.63, 3.8) is 0 Å². The monoisotopic (exact) mass is 529 g/mol. The Hall–Kier alpha value is -2.43. The van der Waals surface area contributed by atoms with E-state index in [9.17, 15) is 4.79 Å². The molecule has 4 rings (SSSR count). The molecule has 0 amide bonds. The summed E-state index contributed by atoms with van der Waals surface area (Å²) in [4.78, 5) is 22.4. The molecular weight excluding hydrogens is 494 g/mol. The second kappa shape index (κ2) is 12.7. The SMILES string of the molecule is CN1CCN(CC=O)CC1.CNCC1N=C(c2ccc(Cl)cc2)c2c(sc(C)c2C)N(C(C)=N)C1=N. The molecule has 1 fully saturated rings. The number of thiophene rings is 1. The molecule has 0 radical (unpaired) electrons. The average Bonchev–Trinajstić information content (AvgIpc) is 3.05. The van der Waals surface area contributed by atoms with E-state index in [1.54, 1.807) is 23.2 Å². The average molecular weight is 530 g/mol. The van der Waals surface area contributed by atoms with Crippen LogP contribution in [0.25, 0.3) is 0 Å². The zero-order valence-electron chi connectivity index (χ0n) is 21.7. The third-order valence-corrected chi connectivity index (χ3v) is 7.87. The molecule has 0 spiro atoms. The maximum Gasteiger partial charge on any atom is 0.133 e. The van der Waals surface area contributed by atoms with Gasteiger partial charge in [-0.3, -0.25) is 25.6 Å². The van der Waals surface area contributed by atoms with Crippen molar-refractivity contribution in [1.29, 1.82) is 10.8 Å². The lowest BCUT2D eigenvalue weighted by molar-refractivity contribution is -0.109. The summed E-state index contributed by atoms with van der Waals surface area (Å²) in [6.07, 6.45) is 0.978. The van der Waals surface area contributed by atoms with Crippen LogP contribution in [0.3, 0.4) is 0 Å². The highest BCUT2D eigenvalue weighted by Crippen LogP contribution is 2.39. The van der Waals surface area contributed by atoms with E-state index in [-0.39, 0.29) is 6.04 Å². The van der Waals surface area contributed by atoms with Crippen molar-refractivity contribution in [2.75, 3.05) is 58.3 Å². The fraction of sp³-hybridized carbons (Fsp3) is 0.462. The Bertz CT molecular complexity index is 1120. The number of anilines is 1. The number of carbonyl (C=O) groups excluding carboxylic acids is 1. The quantitative estimate of drug-likeness (QED) is 0.312. The van der Waals surface area contributed by atoms with Crippen molar-refractivity contribution < 1.29 is 4.79 Å². The molecule has 1 atom stereocenters. The van der Waals surface area contributed by atoms with Crippen LogP contribution in [-0.4, -0.2) is 92.9 Å². The second-order valence-electron chi connectivity index (χ2n) is 9.10. The lowest BCUT2D eigenvalue weighted by Gasteiger charge is -2.30. The Labute approximate surface area is 223 Å². The number of nitrogens with zero attached hydrogens (tertiary/aromatic N) is 4. The molecule has 0 aliphatic carbocycles. The highest BCUT2D eigenvalue weighted by molar-refractivity contribution is 7.17. The minimum absolute atomic E-state index is 0.318. The molecule has 1 aromatic carbocycles. The Morgan fingerprint density at radius 1 is 1.22 bits per heavy atom. The smallest absolute Gasteiger partial charge is 0.133 e. The van der Waals surface area contributed by atoms with Gasteiger partial charge in [0.1, 0.15) is 29.0 Å². The Morgan fingerprint density at radius 3 is 2.42 bits per heavy atom. The van der Waals surface area contributed by atoms with Crippen molar-refractivity contribution in [2.45, 2.75) is 26.8 Å². The number of likely N-dealkylation sites (N-methyl/N-ethyl adjacent to an activating group) is 2. The number of halogens is 1. The van der Waals surface area contributed by atoms with Crippen molar-refractivity contribution in [3.05, 3.63) is 50.9 Å². The molecule has 8 nitrogen and oxygen atoms in total. The van der Waals surface area contributed by atoms with E-state index in [0.717, 1.165) is 59.9 Å². The number of fused-ring (bicyclic) bond motifs is 1. The molecule has 2 aliphatic heterocycles. The van der Waals surface area contributed by atoms with Crippen LogP contribution in [0, 0.1) is 24.7 Å². The summed E-state index contributed by atoms with van der Waals surface area (Å²) in [5.74, 6) is 0.643. The fourth-order valence-electron chi connectivity index (χ4n) is 4.22. The molecule has 3 heterocycles. The summed E-state index contributed by atoms with van der Waals surface area (Å²) in [5, 5.41) is 21.6. The van der Waals surface area contributed by atoms with Crippen LogP contribution in [-0.2, 0) is 4.79 Å². The standard InChI is InChI=1S/C19H22ClN5S.C7H14N2O/c1-10-11(2)26-19-16(10)17(13-5-7-14(20)8-6-13)24-15(9-23-4)18(22)25(19)12(3)21;1-8-2-4-9(5-3-8)6-7-10/h5-8,15,21-23H,9H2,1-4H3;7H,2-6H2,1H3. The van der Waals surface area contributed by atoms with Gasteiger partial charge >= 0.3 is 0 Å². The molecule has 3 N–H and O–H groups in total. The van der Waals surface area contributed by atoms with E-state index in [1.807, 2.05) is 31.3 Å². The number of aryl methyl sites for hydroxylation is 1. The summed E-state index contributed by atoms with van der Waals surface area (Å²) < 4.78 is 0. The van der Waals surface area contributed by atoms with Crippen molar-refractivity contribution in [1.82, 2.24) is 15.1 Å². The van der Waals surface area contributed by atoms with Gasteiger partial charge in [0.05, 0.1) is 12.3 Å². The molecule has 194 valence electrons. The van der Waals surface area contributed by atoms with Gasteiger partial charge in [0.2, 0.25) is 0 Å². The van der Waals surface area contributed by atoms with E-state index < -0.39 is 0 Å². The molecule has 2 aliphatic rings. The Kier molecular flexibility index (Phi) is 9.92. The second-order valence-corrected chi connectivity index (χ2v) is 10.7. The predicted molar refractivity (Wildman–Crippen MR) is 152 cm³/mol. The van der Waals surface area contributed by atoms with Gasteiger partial charge in [-0.1, -0.05) is 23.7 Å². The van der Waals surface area contributed by atoms with E-state index in [4.69, 9.17) is 27.4 Å². The number of aliphatic imine (C=N–C) groups is 1. The van der Waals surface area contributed by atoms with Crippen LogP contribution in [0.5, 0.6) is 0 Å². The first-order valence-corrected chi connectivity index (χ1v) is 13.2. The van der Waals surface area contributed by atoms with Crippen LogP contribution in [0.1, 0.15) is 28.5 Å². The van der Waals surface area contributed by atoms with Crippen LogP contribution in [0.4, 0.5) is 5.00 Å². The molecule has 2 aromatic rings. The molecule has 10 heteroatoms. The van der Waals surface area contributed by atoms with Gasteiger partial charge in [-0.25, -0.2) is 0 Å². The van der Waals surface area contributed by atoms with Crippen LogP contribution < -0.4 is 10.2 Å². The lowest BCUT2D eigenvalue weighted by atomic mass is 10.00. The van der Waals surface area contributed by atoms with Crippen molar-refractivity contribution >= 4 is 51.6 Å². The topological polar surface area (TPSA) is 98.9 Å². The first kappa shape index (κ1) is 28.1. The van der Waals surface area contributed by atoms with Gasteiger partial charge in [-0.2, -0.15) is 0 Å². The normalized spacial score (nSPS) is 18.6.